The fourth-order valence-electron chi connectivity index (χ4n) is 2.79. The number of hydrogen-bond acceptors (Lipinski definition) is 4. The molecule has 1 heterocycles. The molecule has 0 aromatic heterocycles. The van der Waals surface area contributed by atoms with E-state index < -0.39 is 0 Å². The molecule has 24 heavy (non-hydrogen) atoms. The van der Waals surface area contributed by atoms with Gasteiger partial charge in [0.1, 0.15) is 0 Å². The van der Waals surface area contributed by atoms with E-state index in [2.05, 4.69) is 13.8 Å². The van der Waals surface area contributed by atoms with Crippen LogP contribution in [0, 0.1) is 5.41 Å². The van der Waals surface area contributed by atoms with Crippen LogP contribution in [0.15, 0.2) is 18.2 Å². The van der Waals surface area contributed by atoms with Crippen LogP contribution in [-0.4, -0.2) is 43.7 Å². The lowest BCUT2D eigenvalue weighted by atomic mass is 9.90. The van der Waals surface area contributed by atoms with Crippen LogP contribution in [0.5, 0.6) is 11.5 Å². The highest BCUT2D eigenvalue weighted by atomic mass is 35.5. The van der Waals surface area contributed by atoms with Gasteiger partial charge in [-0.1, -0.05) is 13.8 Å². The van der Waals surface area contributed by atoms with Crippen molar-refractivity contribution in [1.82, 2.24) is 4.90 Å². The van der Waals surface area contributed by atoms with Crippen LogP contribution in [0.4, 0.5) is 0 Å². The molecule has 0 saturated carbocycles. The van der Waals surface area contributed by atoms with Gasteiger partial charge >= 0.3 is 0 Å². The SMILES string of the molecule is CCCOc1ccc(C(=O)N2CCC(C)(CN)C2)cc1OCC.Cl. The van der Waals surface area contributed by atoms with Crippen molar-refractivity contribution in [2.45, 2.75) is 33.6 Å². The third-order valence-electron chi connectivity index (χ3n) is 4.29. The first-order chi connectivity index (χ1) is 11.0. The Morgan fingerprint density at radius 3 is 2.62 bits per heavy atom. The summed E-state index contributed by atoms with van der Waals surface area (Å²) in [6.07, 6.45) is 1.88. The molecule has 5 nitrogen and oxygen atoms in total. The molecular weight excluding hydrogens is 328 g/mol. The maximum atomic E-state index is 12.7. The van der Waals surface area contributed by atoms with E-state index in [1.165, 1.54) is 0 Å². The number of carbonyl (C=O) groups excluding carboxylic acids is 1. The van der Waals surface area contributed by atoms with Gasteiger partial charge in [-0.15, -0.1) is 12.4 Å². The normalized spacial score (nSPS) is 19.8. The van der Waals surface area contributed by atoms with Gasteiger partial charge in [-0.25, -0.2) is 0 Å². The number of nitrogens with two attached hydrogens (primary N) is 1. The summed E-state index contributed by atoms with van der Waals surface area (Å²) >= 11 is 0. The molecule has 2 N–H and O–H groups in total. The zero-order chi connectivity index (χ0) is 16.9. The smallest absolute Gasteiger partial charge is 0.254 e. The molecule has 1 amide bonds. The van der Waals surface area contributed by atoms with Crippen LogP contribution in [0.25, 0.3) is 0 Å². The molecule has 6 heteroatoms. The van der Waals surface area contributed by atoms with Gasteiger partial charge in [0.25, 0.3) is 5.91 Å². The molecule has 0 radical (unpaired) electrons. The zero-order valence-corrected chi connectivity index (χ0v) is 15.7. The number of rotatable bonds is 7. The van der Waals surface area contributed by atoms with Crippen molar-refractivity contribution < 1.29 is 14.3 Å². The minimum absolute atomic E-state index is 0. The Hall–Kier alpha value is -1.46. The number of amides is 1. The molecule has 1 unspecified atom stereocenters. The fraction of sp³-hybridized carbons (Fsp3) is 0.611. The monoisotopic (exact) mass is 356 g/mol. The average molecular weight is 357 g/mol. The Balaban J connectivity index is 0.00000288. The Kier molecular flexibility index (Phi) is 7.84. The molecule has 0 spiro atoms. The standard InChI is InChI=1S/C18H28N2O3.ClH/c1-4-10-23-15-7-6-14(11-16(15)22-5-2)17(21)20-9-8-18(3,12-19)13-20;/h6-7,11H,4-5,8-10,12-13,19H2,1-3H3;1H. The summed E-state index contributed by atoms with van der Waals surface area (Å²) in [6.45, 7) is 9.35. The third-order valence-corrected chi connectivity index (χ3v) is 4.29. The van der Waals surface area contributed by atoms with Gasteiger partial charge in [-0.3, -0.25) is 4.79 Å². The highest BCUT2D eigenvalue weighted by Crippen LogP contribution is 2.32. The number of nitrogens with zero attached hydrogens (tertiary/aromatic N) is 1. The van der Waals surface area contributed by atoms with Crippen molar-refractivity contribution >= 4 is 18.3 Å². The predicted octanol–water partition coefficient (Wildman–Crippen LogP) is 3.11. The first-order valence-electron chi connectivity index (χ1n) is 8.42. The van der Waals surface area contributed by atoms with Crippen LogP contribution in [0.1, 0.15) is 44.0 Å². The number of hydrogen-bond donors (Lipinski definition) is 1. The van der Waals surface area contributed by atoms with Crippen LogP contribution < -0.4 is 15.2 Å². The molecule has 1 saturated heterocycles. The summed E-state index contributed by atoms with van der Waals surface area (Å²) in [5, 5.41) is 0. The highest BCUT2D eigenvalue weighted by Gasteiger charge is 2.35. The molecule has 2 rings (SSSR count). The van der Waals surface area contributed by atoms with Gasteiger partial charge in [-0.2, -0.15) is 0 Å². The average Bonchev–Trinajstić information content (AvgIpc) is 2.96. The van der Waals surface area contributed by atoms with Gasteiger partial charge in [0.2, 0.25) is 0 Å². The molecule has 0 aliphatic carbocycles. The van der Waals surface area contributed by atoms with Crippen molar-refractivity contribution in [2.75, 3.05) is 32.8 Å². The van der Waals surface area contributed by atoms with Gasteiger partial charge in [0.05, 0.1) is 13.2 Å². The number of likely N-dealkylation sites (tertiary alicyclic amines) is 1. The third kappa shape index (κ3) is 4.77. The number of halogens is 1. The van der Waals surface area contributed by atoms with Gasteiger partial charge < -0.3 is 20.1 Å². The predicted molar refractivity (Wildman–Crippen MR) is 98.3 cm³/mol. The van der Waals surface area contributed by atoms with Crippen LogP contribution in [0.2, 0.25) is 0 Å². The van der Waals surface area contributed by atoms with Crippen molar-refractivity contribution in [3.8, 4) is 11.5 Å². The molecular formula is C18H29ClN2O3. The molecule has 1 atom stereocenters. The summed E-state index contributed by atoms with van der Waals surface area (Å²) in [6, 6.07) is 5.43. The van der Waals surface area contributed by atoms with Crippen LogP contribution >= 0.6 is 12.4 Å². The summed E-state index contributed by atoms with van der Waals surface area (Å²) in [4.78, 5) is 14.6. The lowest BCUT2D eigenvalue weighted by Crippen LogP contribution is -2.34. The summed E-state index contributed by atoms with van der Waals surface area (Å²) < 4.78 is 11.3. The second-order valence-corrected chi connectivity index (χ2v) is 6.43. The summed E-state index contributed by atoms with van der Waals surface area (Å²) in [7, 11) is 0. The van der Waals surface area contributed by atoms with Crippen molar-refractivity contribution in [1.29, 1.82) is 0 Å². The van der Waals surface area contributed by atoms with E-state index >= 15 is 0 Å². The lowest BCUT2D eigenvalue weighted by molar-refractivity contribution is 0.0776. The molecule has 1 fully saturated rings. The lowest BCUT2D eigenvalue weighted by Gasteiger charge is -2.23. The van der Waals surface area contributed by atoms with Crippen LogP contribution in [-0.2, 0) is 0 Å². The molecule has 136 valence electrons. The summed E-state index contributed by atoms with van der Waals surface area (Å²) in [5.74, 6) is 1.36. The first kappa shape index (κ1) is 20.6. The minimum Gasteiger partial charge on any atom is -0.490 e. The van der Waals surface area contributed by atoms with Crippen molar-refractivity contribution in [3.63, 3.8) is 0 Å². The maximum Gasteiger partial charge on any atom is 0.254 e. The molecule has 1 aromatic rings. The van der Waals surface area contributed by atoms with Crippen molar-refractivity contribution in [2.24, 2.45) is 11.1 Å². The van der Waals surface area contributed by atoms with Crippen molar-refractivity contribution in [3.05, 3.63) is 23.8 Å². The van der Waals surface area contributed by atoms with Gasteiger partial charge in [-0.05, 0) is 49.9 Å². The topological polar surface area (TPSA) is 64.8 Å². The molecule has 1 aromatic carbocycles. The van der Waals surface area contributed by atoms with Gasteiger partial charge in [0, 0.05) is 18.7 Å². The Morgan fingerprint density at radius 1 is 1.29 bits per heavy atom. The molecule has 1 aliphatic rings. The second-order valence-electron chi connectivity index (χ2n) is 6.43. The van der Waals surface area contributed by atoms with E-state index in [9.17, 15) is 4.79 Å². The molecule has 0 bridgehead atoms. The number of ether oxygens (including phenoxy) is 2. The molecule has 1 aliphatic heterocycles. The van der Waals surface area contributed by atoms with E-state index in [0.717, 1.165) is 19.4 Å². The zero-order valence-electron chi connectivity index (χ0n) is 14.8. The fourth-order valence-corrected chi connectivity index (χ4v) is 2.79. The van der Waals surface area contributed by atoms with E-state index in [0.29, 0.717) is 43.4 Å². The Bertz CT molecular complexity index is 553. The minimum atomic E-state index is 0. The van der Waals surface area contributed by atoms with E-state index in [1.54, 1.807) is 6.07 Å². The first-order valence-corrected chi connectivity index (χ1v) is 8.42. The van der Waals surface area contributed by atoms with E-state index in [1.807, 2.05) is 24.0 Å². The summed E-state index contributed by atoms with van der Waals surface area (Å²) in [5.41, 5.74) is 6.49. The van der Waals surface area contributed by atoms with E-state index in [-0.39, 0.29) is 23.7 Å². The maximum absolute atomic E-state index is 12.7. The number of carbonyl (C=O) groups is 1. The second kappa shape index (κ2) is 9.14. The Labute approximate surface area is 150 Å². The van der Waals surface area contributed by atoms with E-state index in [4.69, 9.17) is 15.2 Å². The number of benzene rings is 1. The van der Waals surface area contributed by atoms with Crippen LogP contribution in [0.3, 0.4) is 0 Å². The highest BCUT2D eigenvalue weighted by molar-refractivity contribution is 5.95. The quantitative estimate of drug-likeness (QED) is 0.815. The Morgan fingerprint density at radius 2 is 2.04 bits per heavy atom. The van der Waals surface area contributed by atoms with Gasteiger partial charge in [0.15, 0.2) is 11.5 Å². The largest absolute Gasteiger partial charge is 0.490 e.